The van der Waals surface area contributed by atoms with Gasteiger partial charge in [0.25, 0.3) is 5.91 Å². The second kappa shape index (κ2) is 9.59. The molecule has 0 aromatic heterocycles. The van der Waals surface area contributed by atoms with E-state index in [9.17, 15) is 4.79 Å². The van der Waals surface area contributed by atoms with Crippen LogP contribution in [-0.4, -0.2) is 18.6 Å². The molecular formula is C20H33NO2. The molecule has 1 N–H and O–H groups in total. The van der Waals surface area contributed by atoms with Gasteiger partial charge in [-0.15, -0.1) is 0 Å². The maximum atomic E-state index is 12.3. The summed E-state index contributed by atoms with van der Waals surface area (Å²) in [7, 11) is 0. The van der Waals surface area contributed by atoms with Gasteiger partial charge in [-0.1, -0.05) is 39.2 Å². The molecular weight excluding hydrogens is 286 g/mol. The Kier molecular flexibility index (Phi) is 8.15. The quantitative estimate of drug-likeness (QED) is 0.715. The minimum Gasteiger partial charge on any atom is -0.481 e. The van der Waals surface area contributed by atoms with Gasteiger partial charge in [-0.25, -0.2) is 0 Å². The van der Waals surface area contributed by atoms with E-state index in [4.69, 9.17) is 4.74 Å². The van der Waals surface area contributed by atoms with Gasteiger partial charge < -0.3 is 10.1 Å². The molecule has 0 bridgehead atoms. The molecule has 1 rings (SSSR count). The molecule has 0 unspecified atom stereocenters. The first kappa shape index (κ1) is 19.5. The van der Waals surface area contributed by atoms with Crippen LogP contribution in [-0.2, 0) is 4.79 Å². The van der Waals surface area contributed by atoms with E-state index in [-0.39, 0.29) is 5.91 Å². The Morgan fingerprint density at radius 2 is 1.91 bits per heavy atom. The summed E-state index contributed by atoms with van der Waals surface area (Å²) >= 11 is 0. The number of hydrogen-bond acceptors (Lipinski definition) is 2. The van der Waals surface area contributed by atoms with Gasteiger partial charge in [0.15, 0.2) is 6.10 Å². The van der Waals surface area contributed by atoms with Crippen LogP contribution in [0.25, 0.3) is 0 Å². The van der Waals surface area contributed by atoms with Crippen LogP contribution in [0.4, 0.5) is 0 Å². The second-order valence-electron chi connectivity index (χ2n) is 6.63. The number of aryl methyl sites for hydroxylation is 2. The highest BCUT2D eigenvalue weighted by Crippen LogP contribution is 2.24. The first-order chi connectivity index (χ1) is 10.9. The summed E-state index contributed by atoms with van der Waals surface area (Å²) < 4.78 is 5.90. The fourth-order valence-corrected chi connectivity index (χ4v) is 2.70. The van der Waals surface area contributed by atoms with Gasteiger partial charge in [-0.05, 0) is 62.8 Å². The molecule has 1 aromatic rings. The molecule has 3 nitrogen and oxygen atoms in total. The number of unbranched alkanes of at least 4 members (excludes halogenated alkanes) is 1. The number of nitrogens with one attached hydrogen (secondary N) is 1. The van der Waals surface area contributed by atoms with Crippen LogP contribution in [0.5, 0.6) is 5.75 Å². The van der Waals surface area contributed by atoms with Crippen LogP contribution in [0, 0.1) is 26.7 Å². The van der Waals surface area contributed by atoms with Crippen LogP contribution < -0.4 is 10.1 Å². The van der Waals surface area contributed by atoms with Crippen molar-refractivity contribution in [2.24, 2.45) is 5.92 Å². The summed E-state index contributed by atoms with van der Waals surface area (Å²) in [4.78, 5) is 12.3. The summed E-state index contributed by atoms with van der Waals surface area (Å²) in [6.07, 6.45) is 4.24. The van der Waals surface area contributed by atoms with Gasteiger partial charge in [-0.3, -0.25) is 4.79 Å². The average Bonchev–Trinajstić information content (AvgIpc) is 2.51. The Labute approximate surface area is 141 Å². The largest absolute Gasteiger partial charge is 0.481 e. The predicted molar refractivity (Wildman–Crippen MR) is 97.1 cm³/mol. The van der Waals surface area contributed by atoms with E-state index in [1.54, 1.807) is 0 Å². The van der Waals surface area contributed by atoms with Crippen molar-refractivity contribution >= 4 is 5.91 Å². The third-order valence-electron chi connectivity index (χ3n) is 4.55. The van der Waals surface area contributed by atoms with Crippen molar-refractivity contribution in [3.8, 4) is 5.75 Å². The van der Waals surface area contributed by atoms with Crippen LogP contribution in [0.2, 0.25) is 0 Å². The minimum absolute atomic E-state index is 0.0292. The fraction of sp³-hybridized carbons (Fsp3) is 0.650. The highest BCUT2D eigenvalue weighted by Gasteiger charge is 2.17. The first-order valence-corrected chi connectivity index (χ1v) is 8.91. The second-order valence-corrected chi connectivity index (χ2v) is 6.63. The molecule has 0 heterocycles. The van der Waals surface area contributed by atoms with Crippen molar-refractivity contribution in [1.82, 2.24) is 5.32 Å². The average molecular weight is 319 g/mol. The van der Waals surface area contributed by atoms with E-state index in [0.29, 0.717) is 5.92 Å². The Hall–Kier alpha value is -1.51. The normalized spacial score (nSPS) is 13.5. The lowest BCUT2D eigenvalue weighted by Crippen LogP contribution is -2.39. The maximum absolute atomic E-state index is 12.3. The molecule has 0 spiro atoms. The van der Waals surface area contributed by atoms with Crippen LogP contribution >= 0.6 is 0 Å². The van der Waals surface area contributed by atoms with Crippen molar-refractivity contribution < 1.29 is 9.53 Å². The Morgan fingerprint density at radius 1 is 1.22 bits per heavy atom. The highest BCUT2D eigenvalue weighted by molar-refractivity contribution is 5.80. The zero-order valence-electron chi connectivity index (χ0n) is 15.7. The van der Waals surface area contributed by atoms with E-state index in [1.165, 1.54) is 24.8 Å². The minimum atomic E-state index is -0.474. The van der Waals surface area contributed by atoms with Crippen molar-refractivity contribution in [1.29, 1.82) is 0 Å². The molecule has 0 radical (unpaired) electrons. The lowest BCUT2D eigenvalue weighted by molar-refractivity contribution is -0.127. The Bertz CT molecular complexity index is 511. The van der Waals surface area contributed by atoms with Gasteiger partial charge in [0.1, 0.15) is 5.75 Å². The summed E-state index contributed by atoms with van der Waals surface area (Å²) in [5.74, 6) is 1.34. The summed E-state index contributed by atoms with van der Waals surface area (Å²) in [5, 5.41) is 3.05. The zero-order valence-corrected chi connectivity index (χ0v) is 15.7. The number of carbonyl (C=O) groups excluding carboxylic acids is 1. The van der Waals surface area contributed by atoms with Crippen molar-refractivity contribution in [2.45, 2.75) is 73.3 Å². The van der Waals surface area contributed by atoms with E-state index in [1.807, 2.05) is 26.8 Å². The maximum Gasteiger partial charge on any atom is 0.260 e. The van der Waals surface area contributed by atoms with Crippen LogP contribution in [0.3, 0.4) is 0 Å². The molecule has 0 saturated heterocycles. The zero-order chi connectivity index (χ0) is 17.4. The van der Waals surface area contributed by atoms with E-state index < -0.39 is 6.10 Å². The lowest BCUT2D eigenvalue weighted by Gasteiger charge is -2.20. The molecule has 3 heteroatoms. The van der Waals surface area contributed by atoms with Crippen LogP contribution in [0.15, 0.2) is 12.1 Å². The number of carbonyl (C=O) groups is 1. The summed E-state index contributed by atoms with van der Waals surface area (Å²) in [5.41, 5.74) is 3.45. The third-order valence-corrected chi connectivity index (χ3v) is 4.55. The number of amides is 1. The highest BCUT2D eigenvalue weighted by atomic mass is 16.5. The molecule has 23 heavy (non-hydrogen) atoms. The van der Waals surface area contributed by atoms with E-state index >= 15 is 0 Å². The summed E-state index contributed by atoms with van der Waals surface area (Å²) in [6.45, 7) is 13.1. The molecule has 1 aromatic carbocycles. The molecule has 0 aliphatic rings. The Morgan fingerprint density at radius 3 is 2.52 bits per heavy atom. The fourth-order valence-electron chi connectivity index (χ4n) is 2.70. The van der Waals surface area contributed by atoms with Crippen LogP contribution in [0.1, 0.15) is 63.1 Å². The number of benzene rings is 1. The predicted octanol–water partition coefficient (Wildman–Crippen LogP) is 4.71. The molecule has 0 saturated carbocycles. The van der Waals surface area contributed by atoms with Gasteiger partial charge >= 0.3 is 0 Å². The van der Waals surface area contributed by atoms with E-state index in [0.717, 1.165) is 29.8 Å². The number of ether oxygens (including phenoxy) is 1. The molecule has 0 fully saturated rings. The SMILES string of the molecule is CCCC[C@@H](CC)CNC(=O)[C@@H](C)Oc1cc(C)cc(C)c1C. The molecule has 130 valence electrons. The third kappa shape index (κ3) is 6.25. The van der Waals surface area contributed by atoms with E-state index in [2.05, 4.69) is 32.2 Å². The number of hydrogen-bond donors (Lipinski definition) is 1. The lowest BCUT2D eigenvalue weighted by atomic mass is 9.99. The standard InChI is InChI=1S/C20H33NO2/c1-7-9-10-18(8-2)13-21-20(22)17(6)23-19-12-14(3)11-15(4)16(19)5/h11-12,17-18H,7-10,13H2,1-6H3,(H,21,22)/t17-,18-/m1/s1. The van der Waals surface area contributed by atoms with Gasteiger partial charge in [0.2, 0.25) is 0 Å². The smallest absolute Gasteiger partial charge is 0.260 e. The summed E-state index contributed by atoms with van der Waals surface area (Å²) in [6, 6.07) is 4.13. The molecule has 2 atom stereocenters. The van der Waals surface area contributed by atoms with Crippen molar-refractivity contribution in [2.75, 3.05) is 6.54 Å². The van der Waals surface area contributed by atoms with Gasteiger partial charge in [0, 0.05) is 6.54 Å². The topological polar surface area (TPSA) is 38.3 Å². The van der Waals surface area contributed by atoms with Crippen molar-refractivity contribution in [3.63, 3.8) is 0 Å². The van der Waals surface area contributed by atoms with Gasteiger partial charge in [0.05, 0.1) is 0 Å². The number of rotatable bonds is 9. The van der Waals surface area contributed by atoms with Gasteiger partial charge in [-0.2, -0.15) is 0 Å². The molecule has 0 aliphatic carbocycles. The first-order valence-electron chi connectivity index (χ1n) is 8.91. The molecule has 1 amide bonds. The molecule has 0 aliphatic heterocycles. The Balaban J connectivity index is 2.57. The van der Waals surface area contributed by atoms with Crippen molar-refractivity contribution in [3.05, 3.63) is 28.8 Å². The monoisotopic (exact) mass is 319 g/mol.